The molecule has 1 aliphatic rings. The Balaban J connectivity index is 2.27. The van der Waals surface area contributed by atoms with Crippen LogP contribution >= 0.6 is 0 Å². The molecule has 1 fully saturated rings. The van der Waals surface area contributed by atoms with Crippen LogP contribution in [0.5, 0.6) is 0 Å². The highest BCUT2D eigenvalue weighted by Gasteiger charge is 2.37. The predicted octanol–water partition coefficient (Wildman–Crippen LogP) is 2.78. The van der Waals surface area contributed by atoms with Crippen LogP contribution in [0, 0.1) is 5.41 Å². The molecule has 0 saturated heterocycles. The summed E-state index contributed by atoms with van der Waals surface area (Å²) in [5.41, 5.74) is 1.10. The molecule has 5 nitrogen and oxygen atoms in total. The first kappa shape index (κ1) is 13.0. The van der Waals surface area contributed by atoms with Gasteiger partial charge in [-0.15, -0.1) is 0 Å². The summed E-state index contributed by atoms with van der Waals surface area (Å²) in [4.78, 5) is 26.3. The summed E-state index contributed by atoms with van der Waals surface area (Å²) in [5.74, 6) is -1.02. The Kier molecular flexibility index (Phi) is 2.74. The molecule has 2 aromatic rings. The summed E-state index contributed by atoms with van der Waals surface area (Å²) in [6.45, 7) is 4.33. The first-order valence-electron chi connectivity index (χ1n) is 6.88. The van der Waals surface area contributed by atoms with Crippen LogP contribution in [0.4, 0.5) is 0 Å². The van der Waals surface area contributed by atoms with Crippen LogP contribution in [0.25, 0.3) is 11.0 Å². The maximum absolute atomic E-state index is 12.3. The molecule has 1 aliphatic carbocycles. The molecule has 1 aromatic heterocycles. The number of H-pyrrole nitrogens is 1. The lowest BCUT2D eigenvalue weighted by Crippen LogP contribution is -2.29. The summed E-state index contributed by atoms with van der Waals surface area (Å²) in [7, 11) is 0. The van der Waals surface area contributed by atoms with Gasteiger partial charge in [0.05, 0.1) is 16.6 Å². The number of nitrogens with one attached hydrogen (secondary N) is 1. The van der Waals surface area contributed by atoms with Gasteiger partial charge in [-0.1, -0.05) is 26.3 Å². The molecular formula is C15H18N2O3. The summed E-state index contributed by atoms with van der Waals surface area (Å²) in [5, 5.41) is 9.22. The number of hydrogen-bond donors (Lipinski definition) is 2. The van der Waals surface area contributed by atoms with E-state index in [9.17, 15) is 14.7 Å². The van der Waals surface area contributed by atoms with Gasteiger partial charge in [0.1, 0.15) is 0 Å². The molecule has 0 bridgehead atoms. The zero-order chi connectivity index (χ0) is 14.5. The second kappa shape index (κ2) is 4.23. The van der Waals surface area contributed by atoms with E-state index in [-0.39, 0.29) is 22.7 Å². The minimum atomic E-state index is -1.02. The normalized spacial score (nSPS) is 21.4. The molecular weight excluding hydrogens is 256 g/mol. The molecule has 1 aromatic carbocycles. The highest BCUT2D eigenvalue weighted by molar-refractivity contribution is 6.00. The molecule has 2 N–H and O–H groups in total. The molecule has 0 spiro atoms. The zero-order valence-electron chi connectivity index (χ0n) is 11.6. The largest absolute Gasteiger partial charge is 0.478 e. The van der Waals surface area contributed by atoms with Crippen molar-refractivity contribution in [1.82, 2.24) is 9.55 Å². The van der Waals surface area contributed by atoms with Crippen molar-refractivity contribution in [3.8, 4) is 0 Å². The van der Waals surface area contributed by atoms with E-state index in [0.717, 1.165) is 19.3 Å². The summed E-state index contributed by atoms with van der Waals surface area (Å²) in [6.07, 6.45) is 3.13. The van der Waals surface area contributed by atoms with Crippen LogP contribution in [-0.4, -0.2) is 20.6 Å². The third-order valence-corrected chi connectivity index (χ3v) is 4.50. The van der Waals surface area contributed by atoms with E-state index >= 15 is 0 Å². The highest BCUT2D eigenvalue weighted by Crippen LogP contribution is 2.46. The van der Waals surface area contributed by atoms with Crippen LogP contribution < -0.4 is 5.69 Å². The average molecular weight is 274 g/mol. The van der Waals surface area contributed by atoms with Crippen molar-refractivity contribution in [1.29, 1.82) is 0 Å². The molecule has 1 atom stereocenters. The number of carboxylic acid groups (broad SMARTS) is 1. The molecule has 3 rings (SSSR count). The molecule has 20 heavy (non-hydrogen) atoms. The van der Waals surface area contributed by atoms with Crippen molar-refractivity contribution in [3.05, 3.63) is 34.2 Å². The molecule has 5 heteroatoms. The second-order valence-electron chi connectivity index (χ2n) is 6.20. The summed E-state index contributed by atoms with van der Waals surface area (Å²) < 4.78 is 1.74. The van der Waals surface area contributed by atoms with Gasteiger partial charge in [0.25, 0.3) is 0 Å². The van der Waals surface area contributed by atoms with Gasteiger partial charge < -0.3 is 10.1 Å². The van der Waals surface area contributed by atoms with Crippen molar-refractivity contribution in [3.63, 3.8) is 0 Å². The van der Waals surface area contributed by atoms with Gasteiger partial charge in [0.2, 0.25) is 0 Å². The lowest BCUT2D eigenvalue weighted by Gasteiger charge is -2.28. The first-order chi connectivity index (χ1) is 9.42. The van der Waals surface area contributed by atoms with Gasteiger partial charge in [-0.3, -0.25) is 4.57 Å². The Morgan fingerprint density at radius 1 is 1.45 bits per heavy atom. The fourth-order valence-corrected chi connectivity index (χ4v) is 3.42. The van der Waals surface area contributed by atoms with Crippen molar-refractivity contribution >= 4 is 17.0 Å². The van der Waals surface area contributed by atoms with E-state index in [0.29, 0.717) is 11.0 Å². The van der Waals surface area contributed by atoms with E-state index < -0.39 is 5.97 Å². The monoisotopic (exact) mass is 274 g/mol. The minimum absolute atomic E-state index is 0.0537. The van der Waals surface area contributed by atoms with E-state index in [1.54, 1.807) is 10.6 Å². The van der Waals surface area contributed by atoms with Gasteiger partial charge >= 0.3 is 11.7 Å². The number of imidazole rings is 1. The SMILES string of the molecule is CC1(C)CCCC1n1c(=O)[nH]c2c(C(=O)O)cccc21. The van der Waals surface area contributed by atoms with Crippen LogP contribution in [0.1, 0.15) is 49.5 Å². The van der Waals surface area contributed by atoms with Crippen LogP contribution in [0.15, 0.2) is 23.0 Å². The number of nitrogens with zero attached hydrogens (tertiary/aromatic N) is 1. The number of aromatic carboxylic acids is 1. The van der Waals surface area contributed by atoms with E-state index in [4.69, 9.17) is 0 Å². The Hall–Kier alpha value is -2.04. The van der Waals surface area contributed by atoms with Gasteiger partial charge in [0.15, 0.2) is 0 Å². The van der Waals surface area contributed by atoms with E-state index in [2.05, 4.69) is 18.8 Å². The summed E-state index contributed by atoms with van der Waals surface area (Å²) >= 11 is 0. The van der Waals surface area contributed by atoms with Crippen molar-refractivity contribution in [2.24, 2.45) is 5.41 Å². The van der Waals surface area contributed by atoms with Gasteiger partial charge in [0, 0.05) is 6.04 Å². The van der Waals surface area contributed by atoms with Crippen LogP contribution in [-0.2, 0) is 0 Å². The smallest absolute Gasteiger partial charge is 0.337 e. The number of fused-ring (bicyclic) bond motifs is 1. The number of rotatable bonds is 2. The number of carboxylic acids is 1. The number of carbonyl (C=O) groups is 1. The van der Waals surface area contributed by atoms with Crippen LogP contribution in [0.2, 0.25) is 0 Å². The molecule has 0 amide bonds. The minimum Gasteiger partial charge on any atom is -0.478 e. The zero-order valence-corrected chi connectivity index (χ0v) is 11.6. The van der Waals surface area contributed by atoms with E-state index in [1.807, 2.05) is 6.07 Å². The summed E-state index contributed by atoms with van der Waals surface area (Å²) in [6, 6.07) is 5.14. The van der Waals surface area contributed by atoms with Crippen molar-refractivity contribution in [2.75, 3.05) is 0 Å². The maximum atomic E-state index is 12.3. The molecule has 1 unspecified atom stereocenters. The number of aromatic nitrogens is 2. The fourth-order valence-electron chi connectivity index (χ4n) is 3.42. The van der Waals surface area contributed by atoms with Gasteiger partial charge in [-0.2, -0.15) is 0 Å². The maximum Gasteiger partial charge on any atom is 0.337 e. The third kappa shape index (κ3) is 1.77. The van der Waals surface area contributed by atoms with Gasteiger partial charge in [-0.25, -0.2) is 9.59 Å². The predicted molar refractivity (Wildman–Crippen MR) is 76.2 cm³/mol. The second-order valence-corrected chi connectivity index (χ2v) is 6.20. The lowest BCUT2D eigenvalue weighted by molar-refractivity contribution is 0.0699. The van der Waals surface area contributed by atoms with Crippen molar-refractivity contribution in [2.45, 2.75) is 39.2 Å². The van der Waals surface area contributed by atoms with E-state index in [1.165, 1.54) is 6.07 Å². The highest BCUT2D eigenvalue weighted by atomic mass is 16.4. The Labute approximate surface area is 116 Å². The molecule has 1 saturated carbocycles. The molecule has 0 radical (unpaired) electrons. The lowest BCUT2D eigenvalue weighted by atomic mass is 9.87. The Morgan fingerprint density at radius 2 is 2.20 bits per heavy atom. The molecule has 106 valence electrons. The average Bonchev–Trinajstić information content (AvgIpc) is 2.86. The van der Waals surface area contributed by atoms with Crippen LogP contribution in [0.3, 0.4) is 0 Å². The number of aromatic amines is 1. The number of hydrogen-bond acceptors (Lipinski definition) is 2. The standard InChI is InChI=1S/C15H18N2O3/c1-15(2)8-4-7-11(15)17-10-6-3-5-9(13(18)19)12(10)16-14(17)20/h3,5-6,11H,4,7-8H2,1-2H3,(H,16,20)(H,18,19). The van der Waals surface area contributed by atoms with Gasteiger partial charge in [-0.05, 0) is 30.4 Å². The number of para-hydroxylation sites is 1. The fraction of sp³-hybridized carbons (Fsp3) is 0.467. The Morgan fingerprint density at radius 3 is 2.80 bits per heavy atom. The molecule has 0 aliphatic heterocycles. The quantitative estimate of drug-likeness (QED) is 0.884. The topological polar surface area (TPSA) is 75.1 Å². The van der Waals surface area contributed by atoms with Crippen molar-refractivity contribution < 1.29 is 9.90 Å². The Bertz CT molecular complexity index is 739. The molecule has 1 heterocycles. The first-order valence-corrected chi connectivity index (χ1v) is 6.88. The number of benzene rings is 1. The third-order valence-electron chi connectivity index (χ3n) is 4.50.